The van der Waals surface area contributed by atoms with Crippen molar-refractivity contribution in [3.63, 3.8) is 0 Å². The first-order valence-electron chi connectivity index (χ1n) is 3.82. The van der Waals surface area contributed by atoms with Crippen molar-refractivity contribution in [2.24, 2.45) is 5.73 Å². The summed E-state index contributed by atoms with van der Waals surface area (Å²) in [4.78, 5) is 0. The minimum absolute atomic E-state index is 0.719. The van der Waals surface area contributed by atoms with Crippen LogP contribution in [-0.4, -0.2) is 21.3 Å². The van der Waals surface area contributed by atoms with Crippen LogP contribution in [0.3, 0.4) is 0 Å². The maximum Gasteiger partial charge on any atom is 0.129 e. The maximum atomic E-state index is 5.39. The molecular weight excluding hydrogens is 140 g/mol. The van der Waals surface area contributed by atoms with Crippen molar-refractivity contribution in [1.29, 1.82) is 0 Å². The number of nitrogens with zero attached hydrogens (tertiary/aromatic N) is 3. The predicted octanol–water partition coefficient (Wildman–Crippen LogP) is 0.244. The molecule has 0 unspecified atom stereocenters. The molecular formula is C7H14N4. The van der Waals surface area contributed by atoms with E-state index in [0.717, 1.165) is 31.2 Å². The molecule has 0 saturated heterocycles. The van der Waals surface area contributed by atoms with Crippen LogP contribution in [0.1, 0.15) is 18.1 Å². The van der Waals surface area contributed by atoms with Crippen molar-refractivity contribution in [2.45, 2.75) is 26.8 Å². The van der Waals surface area contributed by atoms with Crippen LogP contribution < -0.4 is 5.73 Å². The lowest BCUT2D eigenvalue weighted by atomic mass is 10.4. The van der Waals surface area contributed by atoms with Crippen LogP contribution in [0.4, 0.5) is 0 Å². The maximum absolute atomic E-state index is 5.39. The van der Waals surface area contributed by atoms with Crippen LogP contribution in [-0.2, 0) is 6.54 Å². The summed E-state index contributed by atoms with van der Waals surface area (Å²) in [6.45, 7) is 5.56. The zero-order chi connectivity index (χ0) is 8.27. The Kier molecular flexibility index (Phi) is 2.59. The first-order chi connectivity index (χ1) is 5.25. The summed E-state index contributed by atoms with van der Waals surface area (Å²) in [7, 11) is 0. The van der Waals surface area contributed by atoms with Gasteiger partial charge in [-0.05, 0) is 26.8 Å². The van der Waals surface area contributed by atoms with Crippen molar-refractivity contribution in [3.8, 4) is 0 Å². The van der Waals surface area contributed by atoms with E-state index in [1.54, 1.807) is 0 Å². The van der Waals surface area contributed by atoms with E-state index in [1.165, 1.54) is 0 Å². The Morgan fingerprint density at radius 1 is 1.27 bits per heavy atom. The van der Waals surface area contributed by atoms with E-state index < -0.39 is 0 Å². The third-order valence-corrected chi connectivity index (χ3v) is 1.71. The Hall–Kier alpha value is -0.900. The van der Waals surface area contributed by atoms with Gasteiger partial charge in [0.05, 0.1) is 0 Å². The average Bonchev–Trinajstić information content (AvgIpc) is 2.29. The molecule has 2 N–H and O–H groups in total. The molecule has 0 amide bonds. The normalized spacial score (nSPS) is 10.5. The molecule has 0 aliphatic heterocycles. The van der Waals surface area contributed by atoms with Crippen molar-refractivity contribution < 1.29 is 0 Å². The molecule has 0 aliphatic rings. The number of aryl methyl sites for hydroxylation is 2. The molecule has 1 rings (SSSR count). The van der Waals surface area contributed by atoms with Gasteiger partial charge in [0.1, 0.15) is 11.6 Å². The number of aromatic nitrogens is 3. The highest BCUT2D eigenvalue weighted by atomic mass is 15.3. The minimum Gasteiger partial charge on any atom is -0.330 e. The van der Waals surface area contributed by atoms with Gasteiger partial charge in [0.15, 0.2) is 0 Å². The second kappa shape index (κ2) is 3.48. The van der Waals surface area contributed by atoms with E-state index in [9.17, 15) is 0 Å². The van der Waals surface area contributed by atoms with Crippen LogP contribution >= 0.6 is 0 Å². The zero-order valence-corrected chi connectivity index (χ0v) is 7.04. The lowest BCUT2D eigenvalue weighted by molar-refractivity contribution is 0.617. The van der Waals surface area contributed by atoms with Crippen LogP contribution in [0, 0.1) is 13.8 Å². The zero-order valence-electron chi connectivity index (χ0n) is 7.04. The Bertz CT molecular complexity index is 209. The van der Waals surface area contributed by atoms with E-state index in [1.807, 2.05) is 13.8 Å². The van der Waals surface area contributed by atoms with Gasteiger partial charge in [-0.3, -0.25) is 0 Å². The molecule has 0 fully saturated rings. The quantitative estimate of drug-likeness (QED) is 0.678. The van der Waals surface area contributed by atoms with Crippen LogP contribution in [0.5, 0.6) is 0 Å². The average molecular weight is 154 g/mol. The van der Waals surface area contributed by atoms with E-state index in [2.05, 4.69) is 14.8 Å². The Morgan fingerprint density at radius 2 is 1.82 bits per heavy atom. The van der Waals surface area contributed by atoms with Gasteiger partial charge >= 0.3 is 0 Å². The lowest BCUT2D eigenvalue weighted by Crippen LogP contribution is -2.08. The highest BCUT2D eigenvalue weighted by molar-refractivity contribution is 4.90. The summed E-state index contributed by atoms with van der Waals surface area (Å²) in [5.41, 5.74) is 5.39. The van der Waals surface area contributed by atoms with Gasteiger partial charge in [-0.2, -0.15) is 0 Å². The van der Waals surface area contributed by atoms with Crippen molar-refractivity contribution in [1.82, 2.24) is 14.8 Å². The minimum atomic E-state index is 0.719. The molecule has 62 valence electrons. The molecule has 0 aromatic carbocycles. The van der Waals surface area contributed by atoms with Gasteiger partial charge in [-0.25, -0.2) is 0 Å². The summed E-state index contributed by atoms with van der Waals surface area (Å²) in [5.74, 6) is 1.94. The molecule has 4 heteroatoms. The molecule has 0 radical (unpaired) electrons. The fourth-order valence-electron chi connectivity index (χ4n) is 1.06. The lowest BCUT2D eigenvalue weighted by Gasteiger charge is -2.03. The van der Waals surface area contributed by atoms with Crippen molar-refractivity contribution >= 4 is 0 Å². The Balaban J connectivity index is 2.67. The molecule has 0 saturated carbocycles. The largest absolute Gasteiger partial charge is 0.330 e. The van der Waals surface area contributed by atoms with Crippen molar-refractivity contribution in [3.05, 3.63) is 11.6 Å². The Morgan fingerprint density at radius 3 is 2.27 bits per heavy atom. The number of nitrogens with two attached hydrogens (primary N) is 1. The van der Waals surface area contributed by atoms with E-state index in [-0.39, 0.29) is 0 Å². The van der Waals surface area contributed by atoms with Gasteiger partial charge in [-0.15, -0.1) is 10.2 Å². The van der Waals surface area contributed by atoms with Gasteiger partial charge in [0, 0.05) is 6.54 Å². The van der Waals surface area contributed by atoms with E-state index >= 15 is 0 Å². The molecule has 1 aromatic rings. The fourth-order valence-corrected chi connectivity index (χ4v) is 1.06. The van der Waals surface area contributed by atoms with E-state index in [0.29, 0.717) is 0 Å². The fraction of sp³-hybridized carbons (Fsp3) is 0.714. The van der Waals surface area contributed by atoms with Crippen LogP contribution in [0.2, 0.25) is 0 Å². The molecule has 0 atom stereocenters. The third-order valence-electron chi connectivity index (χ3n) is 1.71. The highest BCUT2D eigenvalue weighted by Crippen LogP contribution is 1.99. The highest BCUT2D eigenvalue weighted by Gasteiger charge is 2.01. The first kappa shape index (κ1) is 8.20. The standard InChI is InChI=1S/C7H14N4/c1-6-9-10-7(2)11(6)5-3-4-8/h3-5,8H2,1-2H3. The SMILES string of the molecule is Cc1nnc(C)n1CCCN. The first-order valence-corrected chi connectivity index (χ1v) is 3.82. The number of hydrogen-bond donors (Lipinski definition) is 1. The smallest absolute Gasteiger partial charge is 0.129 e. The molecule has 4 nitrogen and oxygen atoms in total. The van der Waals surface area contributed by atoms with Gasteiger partial charge in [0.2, 0.25) is 0 Å². The third kappa shape index (κ3) is 1.77. The van der Waals surface area contributed by atoms with E-state index in [4.69, 9.17) is 5.73 Å². The summed E-state index contributed by atoms with van der Waals surface area (Å²) < 4.78 is 2.08. The number of rotatable bonds is 3. The summed E-state index contributed by atoms with van der Waals surface area (Å²) in [5, 5.41) is 7.88. The second-order valence-corrected chi connectivity index (χ2v) is 2.59. The second-order valence-electron chi connectivity index (χ2n) is 2.59. The van der Waals surface area contributed by atoms with Crippen LogP contribution in [0.25, 0.3) is 0 Å². The molecule has 11 heavy (non-hydrogen) atoms. The molecule has 1 heterocycles. The molecule has 0 spiro atoms. The predicted molar refractivity (Wildman–Crippen MR) is 43.2 cm³/mol. The monoisotopic (exact) mass is 154 g/mol. The molecule has 0 aliphatic carbocycles. The van der Waals surface area contributed by atoms with Crippen molar-refractivity contribution in [2.75, 3.05) is 6.54 Å². The topological polar surface area (TPSA) is 56.7 Å². The summed E-state index contributed by atoms with van der Waals surface area (Å²) in [6.07, 6.45) is 0.986. The van der Waals surface area contributed by atoms with Gasteiger partial charge in [-0.1, -0.05) is 0 Å². The van der Waals surface area contributed by atoms with Gasteiger partial charge in [0.25, 0.3) is 0 Å². The molecule has 1 aromatic heterocycles. The molecule has 0 bridgehead atoms. The van der Waals surface area contributed by atoms with Crippen LogP contribution in [0.15, 0.2) is 0 Å². The summed E-state index contributed by atoms with van der Waals surface area (Å²) >= 11 is 0. The Labute approximate surface area is 66.4 Å². The number of hydrogen-bond acceptors (Lipinski definition) is 3. The van der Waals surface area contributed by atoms with Gasteiger partial charge < -0.3 is 10.3 Å². The summed E-state index contributed by atoms with van der Waals surface area (Å²) in [6, 6.07) is 0.